The van der Waals surface area contributed by atoms with Crippen LogP contribution >= 0.6 is 0 Å². The first-order chi connectivity index (χ1) is 11.5. The normalized spacial score (nSPS) is 23.2. The molecule has 0 radical (unpaired) electrons. The van der Waals surface area contributed by atoms with Crippen LogP contribution in [0.15, 0.2) is 29.2 Å². The first-order valence-corrected chi connectivity index (χ1v) is 9.93. The van der Waals surface area contributed by atoms with Gasteiger partial charge in [0.25, 0.3) is 5.91 Å². The number of ether oxygens (including phenoxy) is 1. The highest BCUT2D eigenvalue weighted by molar-refractivity contribution is 7.89. The standard InChI is InChI=1S/C17H24N2O4S/c1-14-4-2-3-9-19(14)17(20)15-5-7-16(8-6-15)24(21,22)18-10-12-23-13-11-18/h5-8,14H,2-4,9-13H2,1H3. The zero-order chi connectivity index (χ0) is 17.2. The number of amides is 1. The molecule has 2 aliphatic rings. The predicted octanol–water partition coefficient (Wildman–Crippen LogP) is 1.72. The zero-order valence-corrected chi connectivity index (χ0v) is 14.8. The molecule has 132 valence electrons. The molecule has 0 saturated carbocycles. The average Bonchev–Trinajstić information content (AvgIpc) is 2.62. The van der Waals surface area contributed by atoms with Crippen molar-refractivity contribution in [1.82, 2.24) is 9.21 Å². The second-order valence-electron chi connectivity index (χ2n) is 6.38. The van der Waals surface area contributed by atoms with Crippen LogP contribution in [0.5, 0.6) is 0 Å². The van der Waals surface area contributed by atoms with Crippen LogP contribution in [0.25, 0.3) is 0 Å². The third kappa shape index (κ3) is 3.48. The van der Waals surface area contributed by atoms with Gasteiger partial charge in [0, 0.05) is 31.2 Å². The van der Waals surface area contributed by atoms with Gasteiger partial charge in [0.15, 0.2) is 0 Å². The number of benzene rings is 1. The van der Waals surface area contributed by atoms with Crippen molar-refractivity contribution in [2.24, 2.45) is 0 Å². The highest BCUT2D eigenvalue weighted by Crippen LogP contribution is 2.21. The maximum absolute atomic E-state index is 12.6. The molecule has 24 heavy (non-hydrogen) atoms. The summed E-state index contributed by atoms with van der Waals surface area (Å²) in [7, 11) is -3.51. The molecule has 2 heterocycles. The molecule has 1 unspecified atom stereocenters. The minimum Gasteiger partial charge on any atom is -0.379 e. The lowest BCUT2D eigenvalue weighted by molar-refractivity contribution is 0.0635. The minimum absolute atomic E-state index is 0.0162. The summed E-state index contributed by atoms with van der Waals surface area (Å²) in [6.45, 7) is 4.41. The molecule has 2 saturated heterocycles. The number of hydrogen-bond donors (Lipinski definition) is 0. The Labute approximate surface area is 143 Å². The monoisotopic (exact) mass is 352 g/mol. The number of likely N-dealkylation sites (tertiary alicyclic amines) is 1. The van der Waals surface area contributed by atoms with E-state index in [2.05, 4.69) is 6.92 Å². The summed E-state index contributed by atoms with van der Waals surface area (Å²) in [5.74, 6) is -0.0162. The Hall–Kier alpha value is -1.44. The van der Waals surface area contributed by atoms with Crippen molar-refractivity contribution >= 4 is 15.9 Å². The lowest BCUT2D eigenvalue weighted by Gasteiger charge is -2.33. The van der Waals surface area contributed by atoms with Gasteiger partial charge in [0.2, 0.25) is 10.0 Å². The Morgan fingerprint density at radius 3 is 2.38 bits per heavy atom. The van der Waals surface area contributed by atoms with E-state index in [4.69, 9.17) is 4.74 Å². The third-order valence-electron chi connectivity index (χ3n) is 4.77. The van der Waals surface area contributed by atoms with Gasteiger partial charge in [0.1, 0.15) is 0 Å². The van der Waals surface area contributed by atoms with Crippen molar-refractivity contribution in [3.63, 3.8) is 0 Å². The maximum Gasteiger partial charge on any atom is 0.254 e. The lowest BCUT2D eigenvalue weighted by atomic mass is 10.0. The van der Waals surface area contributed by atoms with Crippen LogP contribution in [0, 0.1) is 0 Å². The first-order valence-electron chi connectivity index (χ1n) is 8.49. The van der Waals surface area contributed by atoms with Gasteiger partial charge in [-0.05, 0) is 50.5 Å². The SMILES string of the molecule is CC1CCCCN1C(=O)c1ccc(S(=O)(=O)N2CCOCC2)cc1. The summed E-state index contributed by atoms with van der Waals surface area (Å²) >= 11 is 0. The summed E-state index contributed by atoms with van der Waals surface area (Å²) < 4.78 is 31.8. The fourth-order valence-corrected chi connectivity index (χ4v) is 4.68. The molecule has 0 N–H and O–H groups in total. The molecule has 6 nitrogen and oxygen atoms in total. The molecule has 1 amide bonds. The van der Waals surface area contributed by atoms with E-state index in [0.717, 1.165) is 25.8 Å². The second-order valence-corrected chi connectivity index (χ2v) is 8.32. The van der Waals surface area contributed by atoms with Crippen LogP contribution in [0.2, 0.25) is 0 Å². The highest BCUT2D eigenvalue weighted by Gasteiger charge is 2.27. The molecule has 0 aromatic heterocycles. The van der Waals surface area contributed by atoms with Crippen molar-refractivity contribution in [3.8, 4) is 0 Å². The number of nitrogens with zero attached hydrogens (tertiary/aromatic N) is 2. The van der Waals surface area contributed by atoms with E-state index in [9.17, 15) is 13.2 Å². The lowest BCUT2D eigenvalue weighted by Crippen LogP contribution is -2.42. The summed E-state index contributed by atoms with van der Waals surface area (Å²) in [4.78, 5) is 14.7. The van der Waals surface area contributed by atoms with Crippen LogP contribution in [-0.4, -0.2) is 62.4 Å². The van der Waals surface area contributed by atoms with Crippen molar-refractivity contribution in [3.05, 3.63) is 29.8 Å². The summed E-state index contributed by atoms with van der Waals surface area (Å²) in [5.41, 5.74) is 0.546. The fourth-order valence-electron chi connectivity index (χ4n) is 3.27. The maximum atomic E-state index is 12.6. The molecule has 1 atom stereocenters. The van der Waals surface area contributed by atoms with Crippen molar-refractivity contribution in [2.45, 2.75) is 37.1 Å². The van der Waals surface area contributed by atoms with Gasteiger partial charge in [-0.2, -0.15) is 4.31 Å². The number of rotatable bonds is 3. The van der Waals surface area contributed by atoms with Gasteiger partial charge >= 0.3 is 0 Å². The van der Waals surface area contributed by atoms with E-state index in [-0.39, 0.29) is 16.8 Å². The Bertz CT molecular complexity index is 681. The molecule has 1 aromatic carbocycles. The third-order valence-corrected chi connectivity index (χ3v) is 6.69. The first kappa shape index (κ1) is 17.4. The van der Waals surface area contributed by atoms with E-state index in [1.54, 1.807) is 12.1 Å². The molecular formula is C17H24N2O4S. The van der Waals surface area contributed by atoms with Gasteiger partial charge in [-0.3, -0.25) is 4.79 Å². The van der Waals surface area contributed by atoms with E-state index in [1.165, 1.54) is 16.4 Å². The van der Waals surface area contributed by atoms with Crippen LogP contribution < -0.4 is 0 Å². The molecule has 1 aromatic rings. The summed E-state index contributed by atoms with van der Waals surface area (Å²) in [6.07, 6.45) is 3.20. The number of sulfonamides is 1. The molecule has 7 heteroatoms. The number of piperidine rings is 1. The fraction of sp³-hybridized carbons (Fsp3) is 0.588. The van der Waals surface area contributed by atoms with Crippen LogP contribution in [0.1, 0.15) is 36.5 Å². The molecule has 2 fully saturated rings. The van der Waals surface area contributed by atoms with E-state index >= 15 is 0 Å². The molecule has 0 bridgehead atoms. The number of morpholine rings is 1. The Balaban J connectivity index is 1.76. The Kier molecular flexibility index (Phi) is 5.22. The molecule has 0 spiro atoms. The number of carbonyl (C=O) groups is 1. The van der Waals surface area contributed by atoms with Crippen molar-refractivity contribution < 1.29 is 17.9 Å². The Morgan fingerprint density at radius 2 is 1.75 bits per heavy atom. The van der Waals surface area contributed by atoms with Gasteiger partial charge < -0.3 is 9.64 Å². The topological polar surface area (TPSA) is 66.9 Å². The van der Waals surface area contributed by atoms with Crippen molar-refractivity contribution in [1.29, 1.82) is 0 Å². The largest absolute Gasteiger partial charge is 0.379 e. The zero-order valence-electron chi connectivity index (χ0n) is 14.0. The Morgan fingerprint density at radius 1 is 1.08 bits per heavy atom. The molecule has 3 rings (SSSR count). The van der Waals surface area contributed by atoms with Gasteiger partial charge in [-0.15, -0.1) is 0 Å². The van der Waals surface area contributed by atoms with Gasteiger partial charge in [-0.1, -0.05) is 0 Å². The van der Waals surface area contributed by atoms with Crippen LogP contribution in [0.4, 0.5) is 0 Å². The van der Waals surface area contributed by atoms with Crippen LogP contribution in [0.3, 0.4) is 0 Å². The smallest absolute Gasteiger partial charge is 0.254 e. The van der Waals surface area contributed by atoms with E-state index in [1.807, 2.05) is 4.90 Å². The summed E-state index contributed by atoms with van der Waals surface area (Å²) in [6, 6.07) is 6.55. The van der Waals surface area contributed by atoms with E-state index in [0.29, 0.717) is 31.9 Å². The minimum atomic E-state index is -3.51. The molecular weight excluding hydrogens is 328 g/mol. The quantitative estimate of drug-likeness (QED) is 0.831. The van der Waals surface area contributed by atoms with Gasteiger partial charge in [-0.25, -0.2) is 8.42 Å². The predicted molar refractivity (Wildman–Crippen MR) is 90.4 cm³/mol. The van der Waals surface area contributed by atoms with Gasteiger partial charge in [0.05, 0.1) is 18.1 Å². The highest BCUT2D eigenvalue weighted by atomic mass is 32.2. The van der Waals surface area contributed by atoms with E-state index < -0.39 is 10.0 Å². The number of hydrogen-bond acceptors (Lipinski definition) is 4. The molecule has 0 aliphatic carbocycles. The number of carbonyl (C=O) groups excluding carboxylic acids is 1. The summed E-state index contributed by atoms with van der Waals surface area (Å²) in [5, 5.41) is 0. The van der Waals surface area contributed by atoms with Crippen LogP contribution in [-0.2, 0) is 14.8 Å². The second kappa shape index (κ2) is 7.21. The van der Waals surface area contributed by atoms with Crippen molar-refractivity contribution in [2.75, 3.05) is 32.8 Å². The molecule has 2 aliphatic heterocycles. The average molecular weight is 352 g/mol.